The van der Waals surface area contributed by atoms with E-state index in [1.165, 1.54) is 12.0 Å². The molecule has 0 amide bonds. The maximum atomic E-state index is 9.26. The molecular weight excluding hydrogens is 203 g/mol. The zero-order valence-electron chi connectivity index (χ0n) is 10.1. The number of hydrogen-bond acceptors (Lipinski definition) is 1. The van der Waals surface area contributed by atoms with Crippen molar-refractivity contribution >= 4 is 7.92 Å². The van der Waals surface area contributed by atoms with Crippen LogP contribution >= 0.6 is 7.92 Å². The largest absolute Gasteiger partial charge is 0.508 e. The van der Waals surface area contributed by atoms with E-state index in [1.807, 2.05) is 0 Å². The Morgan fingerprint density at radius 3 is 2.07 bits per heavy atom. The number of benzene rings is 1. The Labute approximate surface area is 94.3 Å². The van der Waals surface area contributed by atoms with Gasteiger partial charge in [-0.25, -0.2) is 0 Å². The van der Waals surface area contributed by atoms with Crippen LogP contribution in [0.4, 0.5) is 0 Å². The summed E-state index contributed by atoms with van der Waals surface area (Å²) in [5.74, 6) is 1.09. The Bertz CT molecular complexity index is 290. The minimum Gasteiger partial charge on any atom is -0.508 e. The molecule has 0 aromatic heterocycles. The molecule has 0 fully saturated rings. The molecule has 0 aliphatic heterocycles. The van der Waals surface area contributed by atoms with Gasteiger partial charge in [-0.2, -0.15) is 0 Å². The van der Waals surface area contributed by atoms with Crippen LogP contribution in [-0.4, -0.2) is 18.4 Å². The van der Waals surface area contributed by atoms with Crippen LogP contribution in [0.25, 0.3) is 0 Å². The Hall–Kier alpha value is -0.550. The molecule has 0 saturated carbocycles. The summed E-state index contributed by atoms with van der Waals surface area (Å²) in [5, 5.41) is 9.26. The van der Waals surface area contributed by atoms with Crippen LogP contribution in [0.3, 0.4) is 0 Å². The van der Waals surface area contributed by atoms with Crippen molar-refractivity contribution in [1.29, 1.82) is 0 Å². The number of phenols is 1. The van der Waals surface area contributed by atoms with Gasteiger partial charge in [0, 0.05) is 5.66 Å². The highest BCUT2D eigenvalue weighted by Gasteiger charge is 2.16. The Morgan fingerprint density at radius 1 is 1.13 bits per heavy atom. The van der Waals surface area contributed by atoms with E-state index in [0.29, 0.717) is 11.4 Å². The van der Waals surface area contributed by atoms with E-state index in [4.69, 9.17) is 0 Å². The van der Waals surface area contributed by atoms with Crippen molar-refractivity contribution in [2.24, 2.45) is 5.92 Å². The first-order chi connectivity index (χ1) is 7.00. The molecule has 1 unspecified atom stereocenters. The summed E-state index contributed by atoms with van der Waals surface area (Å²) in [5.41, 5.74) is 2.04. The maximum absolute atomic E-state index is 9.26. The predicted molar refractivity (Wildman–Crippen MR) is 69.1 cm³/mol. The van der Waals surface area contributed by atoms with E-state index >= 15 is 0 Å². The minimum absolute atomic E-state index is 0.0360. The summed E-state index contributed by atoms with van der Waals surface area (Å²) in [4.78, 5) is 0. The quantitative estimate of drug-likeness (QED) is 0.759. The van der Waals surface area contributed by atoms with Crippen molar-refractivity contribution in [1.82, 2.24) is 0 Å². The Balaban J connectivity index is 2.84. The number of aromatic hydroxyl groups is 1. The van der Waals surface area contributed by atoms with Crippen LogP contribution in [-0.2, 0) is 0 Å². The topological polar surface area (TPSA) is 20.2 Å². The van der Waals surface area contributed by atoms with Gasteiger partial charge in [-0.15, -0.1) is 7.92 Å². The lowest BCUT2D eigenvalue weighted by Crippen LogP contribution is -2.00. The molecule has 1 N–H and O–H groups in total. The zero-order chi connectivity index (χ0) is 11.4. The monoisotopic (exact) mass is 224 g/mol. The molecular formula is C13H21OP. The second-order valence-electron chi connectivity index (χ2n) is 4.70. The van der Waals surface area contributed by atoms with Crippen molar-refractivity contribution in [2.75, 3.05) is 13.3 Å². The third kappa shape index (κ3) is 3.83. The molecule has 1 nitrogen and oxygen atoms in total. The van der Waals surface area contributed by atoms with Gasteiger partial charge in [0.25, 0.3) is 0 Å². The number of phenolic OH excluding ortho intramolecular Hbond substituents is 1. The van der Waals surface area contributed by atoms with E-state index in [1.54, 1.807) is 12.1 Å². The van der Waals surface area contributed by atoms with Gasteiger partial charge in [0.2, 0.25) is 0 Å². The van der Waals surface area contributed by atoms with Crippen molar-refractivity contribution in [3.63, 3.8) is 0 Å². The van der Waals surface area contributed by atoms with Gasteiger partial charge in [-0.1, -0.05) is 26.0 Å². The third-order valence-electron chi connectivity index (χ3n) is 2.60. The summed E-state index contributed by atoms with van der Waals surface area (Å²) in [6, 6.07) is 7.71. The molecule has 15 heavy (non-hydrogen) atoms. The highest BCUT2D eigenvalue weighted by Crippen LogP contribution is 2.48. The predicted octanol–water partition coefficient (Wildman–Crippen LogP) is 4.22. The fraction of sp³-hybridized carbons (Fsp3) is 0.538. The van der Waals surface area contributed by atoms with Crippen molar-refractivity contribution in [2.45, 2.75) is 25.9 Å². The van der Waals surface area contributed by atoms with Gasteiger partial charge in [-0.3, -0.25) is 0 Å². The van der Waals surface area contributed by atoms with Gasteiger partial charge >= 0.3 is 0 Å². The SMILES string of the molecule is CC(C)CC(c1ccc(O)cc1)P(C)C. The fourth-order valence-electron chi connectivity index (χ4n) is 1.79. The number of rotatable bonds is 4. The summed E-state index contributed by atoms with van der Waals surface area (Å²) in [7, 11) is 0.0360. The Kier molecular flexibility index (Phi) is 4.60. The van der Waals surface area contributed by atoms with Gasteiger partial charge in [0.05, 0.1) is 0 Å². The fourth-order valence-corrected chi connectivity index (χ4v) is 3.40. The molecule has 1 aromatic carbocycles. The molecule has 0 bridgehead atoms. The molecule has 0 aliphatic rings. The smallest absolute Gasteiger partial charge is 0.115 e. The third-order valence-corrected chi connectivity index (χ3v) is 4.35. The highest BCUT2D eigenvalue weighted by molar-refractivity contribution is 7.56. The van der Waals surface area contributed by atoms with E-state index in [2.05, 4.69) is 39.3 Å². The molecule has 1 aromatic rings. The second kappa shape index (κ2) is 5.51. The molecule has 0 aliphatic carbocycles. The van der Waals surface area contributed by atoms with E-state index < -0.39 is 0 Å². The average Bonchev–Trinajstić information content (AvgIpc) is 2.15. The van der Waals surface area contributed by atoms with Gasteiger partial charge in [0.1, 0.15) is 5.75 Å². The van der Waals surface area contributed by atoms with Crippen LogP contribution in [0.1, 0.15) is 31.5 Å². The van der Waals surface area contributed by atoms with Crippen LogP contribution < -0.4 is 0 Å². The molecule has 0 heterocycles. The molecule has 0 spiro atoms. The Morgan fingerprint density at radius 2 is 1.67 bits per heavy atom. The lowest BCUT2D eigenvalue weighted by molar-refractivity contribution is 0.475. The van der Waals surface area contributed by atoms with E-state index in [-0.39, 0.29) is 7.92 Å². The van der Waals surface area contributed by atoms with Crippen molar-refractivity contribution in [3.8, 4) is 5.75 Å². The molecule has 1 rings (SSSR count). The standard InChI is InChI=1S/C13H21OP/c1-10(2)9-13(15(3)4)11-5-7-12(14)8-6-11/h5-8,10,13-14H,9H2,1-4H3. The van der Waals surface area contributed by atoms with E-state index in [0.717, 1.165) is 5.92 Å². The molecule has 0 saturated heterocycles. The van der Waals surface area contributed by atoms with Crippen molar-refractivity contribution < 1.29 is 5.11 Å². The summed E-state index contributed by atoms with van der Waals surface area (Å²) in [6.45, 7) is 9.20. The summed E-state index contributed by atoms with van der Waals surface area (Å²) >= 11 is 0. The minimum atomic E-state index is 0.0360. The molecule has 84 valence electrons. The van der Waals surface area contributed by atoms with Crippen LogP contribution in [0.2, 0.25) is 0 Å². The zero-order valence-corrected chi connectivity index (χ0v) is 11.0. The van der Waals surface area contributed by atoms with Crippen LogP contribution in [0.15, 0.2) is 24.3 Å². The van der Waals surface area contributed by atoms with Gasteiger partial charge in [0.15, 0.2) is 0 Å². The summed E-state index contributed by atoms with van der Waals surface area (Å²) < 4.78 is 0. The van der Waals surface area contributed by atoms with E-state index in [9.17, 15) is 5.11 Å². The second-order valence-corrected chi connectivity index (χ2v) is 7.25. The molecule has 1 atom stereocenters. The van der Waals surface area contributed by atoms with Crippen molar-refractivity contribution in [3.05, 3.63) is 29.8 Å². The lowest BCUT2D eigenvalue weighted by Gasteiger charge is -2.23. The average molecular weight is 224 g/mol. The van der Waals surface area contributed by atoms with Gasteiger partial charge < -0.3 is 5.11 Å². The van der Waals surface area contributed by atoms with Gasteiger partial charge in [-0.05, 0) is 43.4 Å². The normalized spacial score (nSPS) is 13.5. The van der Waals surface area contributed by atoms with Crippen LogP contribution in [0, 0.1) is 5.92 Å². The first-order valence-corrected chi connectivity index (χ1v) is 7.76. The lowest BCUT2D eigenvalue weighted by atomic mass is 10.0. The van der Waals surface area contributed by atoms with Crippen LogP contribution in [0.5, 0.6) is 5.75 Å². The molecule has 2 heteroatoms. The maximum Gasteiger partial charge on any atom is 0.115 e. The first-order valence-electron chi connectivity index (χ1n) is 5.46. The molecule has 0 radical (unpaired) electrons. The highest BCUT2D eigenvalue weighted by atomic mass is 31.1. The first kappa shape index (κ1) is 12.5. The number of hydrogen-bond donors (Lipinski definition) is 1. The summed E-state index contributed by atoms with van der Waals surface area (Å²) in [6.07, 6.45) is 1.24.